The Labute approximate surface area is 159 Å². The number of nitrogens with one attached hydrogen (secondary N) is 2. The summed E-state index contributed by atoms with van der Waals surface area (Å²) in [4.78, 5) is 25.0. The number of amides is 2. The van der Waals surface area contributed by atoms with E-state index in [1.807, 2.05) is 91.0 Å². The van der Waals surface area contributed by atoms with Gasteiger partial charge in [-0.3, -0.25) is 9.59 Å². The predicted octanol–water partition coefficient (Wildman–Crippen LogP) is 4.83. The van der Waals surface area contributed by atoms with Gasteiger partial charge < -0.3 is 10.6 Å². The molecule has 0 saturated heterocycles. The van der Waals surface area contributed by atoms with Crippen molar-refractivity contribution in [2.24, 2.45) is 0 Å². The molecular formula is C23H22N2O2. The van der Waals surface area contributed by atoms with E-state index >= 15 is 0 Å². The van der Waals surface area contributed by atoms with Crippen LogP contribution < -0.4 is 10.6 Å². The SMILES string of the molecule is O=C(CC(CC(=O)Nc1ccccc1)c1ccccc1)Nc1ccccc1. The Morgan fingerprint density at radius 1 is 0.593 bits per heavy atom. The van der Waals surface area contributed by atoms with Crippen LogP contribution in [0.2, 0.25) is 0 Å². The molecule has 3 aromatic carbocycles. The predicted molar refractivity (Wildman–Crippen MR) is 109 cm³/mol. The lowest BCUT2D eigenvalue weighted by molar-refractivity contribution is -0.118. The Bertz CT molecular complexity index is 809. The van der Waals surface area contributed by atoms with Crippen molar-refractivity contribution in [3.05, 3.63) is 96.6 Å². The van der Waals surface area contributed by atoms with E-state index in [0.717, 1.165) is 16.9 Å². The van der Waals surface area contributed by atoms with Crippen LogP contribution in [0.15, 0.2) is 91.0 Å². The molecule has 0 aliphatic heterocycles. The fraction of sp³-hybridized carbons (Fsp3) is 0.130. The van der Waals surface area contributed by atoms with E-state index in [-0.39, 0.29) is 30.6 Å². The highest BCUT2D eigenvalue weighted by atomic mass is 16.2. The monoisotopic (exact) mass is 358 g/mol. The third-order valence-electron chi connectivity index (χ3n) is 4.25. The number of hydrogen-bond donors (Lipinski definition) is 2. The number of para-hydroxylation sites is 2. The average Bonchev–Trinajstić information content (AvgIpc) is 2.69. The molecule has 0 spiro atoms. The van der Waals surface area contributed by atoms with Crippen LogP contribution in [-0.4, -0.2) is 11.8 Å². The van der Waals surface area contributed by atoms with Crippen LogP contribution in [0.1, 0.15) is 24.3 Å². The van der Waals surface area contributed by atoms with Gasteiger partial charge in [-0.1, -0.05) is 66.7 Å². The fourth-order valence-electron chi connectivity index (χ4n) is 2.95. The number of hydrogen-bond acceptors (Lipinski definition) is 2. The van der Waals surface area contributed by atoms with E-state index < -0.39 is 0 Å². The maximum Gasteiger partial charge on any atom is 0.225 e. The second-order valence-electron chi connectivity index (χ2n) is 6.34. The summed E-state index contributed by atoms with van der Waals surface area (Å²) < 4.78 is 0. The molecular weight excluding hydrogens is 336 g/mol. The number of carbonyl (C=O) groups excluding carboxylic acids is 2. The van der Waals surface area contributed by atoms with E-state index in [2.05, 4.69) is 10.6 Å². The molecule has 0 aliphatic rings. The number of benzene rings is 3. The first-order valence-electron chi connectivity index (χ1n) is 8.95. The van der Waals surface area contributed by atoms with Gasteiger partial charge in [0.2, 0.25) is 11.8 Å². The van der Waals surface area contributed by atoms with Crippen LogP contribution in [0.3, 0.4) is 0 Å². The molecule has 0 heterocycles. The Morgan fingerprint density at radius 2 is 0.963 bits per heavy atom. The summed E-state index contributed by atoms with van der Waals surface area (Å²) in [6.07, 6.45) is 0.474. The van der Waals surface area contributed by atoms with Crippen LogP contribution in [0.25, 0.3) is 0 Å². The highest BCUT2D eigenvalue weighted by Gasteiger charge is 2.20. The summed E-state index contributed by atoms with van der Waals surface area (Å²) >= 11 is 0. The van der Waals surface area contributed by atoms with Crippen molar-refractivity contribution in [2.75, 3.05) is 10.6 Å². The summed E-state index contributed by atoms with van der Waals surface area (Å²) in [6.45, 7) is 0. The first kappa shape index (κ1) is 18.4. The van der Waals surface area contributed by atoms with Gasteiger partial charge in [-0.05, 0) is 29.8 Å². The highest BCUT2D eigenvalue weighted by Crippen LogP contribution is 2.25. The fourth-order valence-corrected chi connectivity index (χ4v) is 2.95. The molecule has 0 aliphatic carbocycles. The topological polar surface area (TPSA) is 58.2 Å². The van der Waals surface area contributed by atoms with E-state index in [4.69, 9.17) is 0 Å². The Balaban J connectivity index is 1.67. The van der Waals surface area contributed by atoms with Crippen LogP contribution in [-0.2, 0) is 9.59 Å². The van der Waals surface area contributed by atoms with Crippen LogP contribution in [0.5, 0.6) is 0 Å². The second-order valence-corrected chi connectivity index (χ2v) is 6.34. The van der Waals surface area contributed by atoms with Gasteiger partial charge in [-0.15, -0.1) is 0 Å². The van der Waals surface area contributed by atoms with Gasteiger partial charge in [-0.2, -0.15) is 0 Å². The van der Waals surface area contributed by atoms with Gasteiger partial charge >= 0.3 is 0 Å². The molecule has 0 radical (unpaired) electrons. The Morgan fingerprint density at radius 3 is 1.37 bits per heavy atom. The zero-order valence-electron chi connectivity index (χ0n) is 15.0. The molecule has 4 nitrogen and oxygen atoms in total. The van der Waals surface area contributed by atoms with Crippen LogP contribution >= 0.6 is 0 Å². The summed E-state index contributed by atoms with van der Waals surface area (Å²) in [5.41, 5.74) is 2.48. The highest BCUT2D eigenvalue weighted by molar-refractivity contribution is 5.94. The van der Waals surface area contributed by atoms with Crippen molar-refractivity contribution < 1.29 is 9.59 Å². The molecule has 0 bridgehead atoms. The third kappa shape index (κ3) is 5.82. The molecule has 0 unspecified atom stereocenters. The van der Waals surface area contributed by atoms with Gasteiger partial charge in [0, 0.05) is 30.1 Å². The number of rotatable bonds is 7. The van der Waals surface area contributed by atoms with Crippen molar-refractivity contribution in [3.63, 3.8) is 0 Å². The average molecular weight is 358 g/mol. The van der Waals surface area contributed by atoms with Crippen molar-refractivity contribution in [3.8, 4) is 0 Å². The van der Waals surface area contributed by atoms with Crippen LogP contribution in [0, 0.1) is 0 Å². The number of anilines is 2. The molecule has 4 heteroatoms. The number of carbonyl (C=O) groups is 2. The van der Waals surface area contributed by atoms with Gasteiger partial charge in [0.05, 0.1) is 0 Å². The normalized spacial score (nSPS) is 10.4. The Hall–Kier alpha value is -3.40. The molecule has 2 amide bonds. The van der Waals surface area contributed by atoms with E-state index in [1.165, 1.54) is 0 Å². The lowest BCUT2D eigenvalue weighted by Crippen LogP contribution is -2.20. The molecule has 136 valence electrons. The summed E-state index contributed by atoms with van der Waals surface area (Å²) in [5, 5.41) is 5.79. The van der Waals surface area contributed by atoms with E-state index in [9.17, 15) is 9.59 Å². The molecule has 0 atom stereocenters. The lowest BCUT2D eigenvalue weighted by Gasteiger charge is -2.17. The van der Waals surface area contributed by atoms with Crippen molar-refractivity contribution >= 4 is 23.2 Å². The first-order valence-corrected chi connectivity index (χ1v) is 8.95. The maximum absolute atomic E-state index is 12.5. The Kier molecular flexibility index (Phi) is 6.36. The molecule has 0 aromatic heterocycles. The summed E-state index contributed by atoms with van der Waals surface area (Å²) in [5.74, 6) is -0.413. The van der Waals surface area contributed by atoms with Gasteiger partial charge in [-0.25, -0.2) is 0 Å². The first-order chi connectivity index (χ1) is 13.2. The van der Waals surface area contributed by atoms with E-state index in [0.29, 0.717) is 0 Å². The smallest absolute Gasteiger partial charge is 0.225 e. The van der Waals surface area contributed by atoms with Gasteiger partial charge in [0.25, 0.3) is 0 Å². The van der Waals surface area contributed by atoms with Gasteiger partial charge in [0.15, 0.2) is 0 Å². The minimum Gasteiger partial charge on any atom is -0.326 e. The van der Waals surface area contributed by atoms with E-state index in [1.54, 1.807) is 0 Å². The van der Waals surface area contributed by atoms with Crippen molar-refractivity contribution in [1.29, 1.82) is 0 Å². The minimum absolute atomic E-state index is 0.109. The van der Waals surface area contributed by atoms with Gasteiger partial charge in [0.1, 0.15) is 0 Å². The van der Waals surface area contributed by atoms with Crippen molar-refractivity contribution in [2.45, 2.75) is 18.8 Å². The third-order valence-corrected chi connectivity index (χ3v) is 4.25. The molecule has 3 aromatic rings. The van der Waals surface area contributed by atoms with Crippen molar-refractivity contribution in [1.82, 2.24) is 0 Å². The van der Waals surface area contributed by atoms with Crippen LogP contribution in [0.4, 0.5) is 11.4 Å². The summed E-state index contributed by atoms with van der Waals surface area (Å²) in [6, 6.07) is 28.3. The lowest BCUT2D eigenvalue weighted by atomic mass is 9.91. The molecule has 3 rings (SSSR count). The maximum atomic E-state index is 12.5. The minimum atomic E-state index is -0.196. The quantitative estimate of drug-likeness (QED) is 0.636. The standard InChI is InChI=1S/C23H22N2O2/c26-22(24-20-12-6-2-7-13-20)16-19(18-10-4-1-5-11-18)17-23(27)25-21-14-8-3-9-15-21/h1-15,19H,16-17H2,(H,24,26)(H,25,27). The molecule has 27 heavy (non-hydrogen) atoms. The largest absolute Gasteiger partial charge is 0.326 e. The summed E-state index contributed by atoms with van der Waals surface area (Å²) in [7, 11) is 0. The zero-order valence-corrected chi connectivity index (χ0v) is 15.0. The molecule has 2 N–H and O–H groups in total. The molecule has 0 saturated carbocycles. The second kappa shape index (κ2) is 9.34. The molecule has 0 fully saturated rings. The zero-order chi connectivity index (χ0) is 18.9.